The lowest BCUT2D eigenvalue weighted by Crippen LogP contribution is -2.10. The van der Waals surface area contributed by atoms with Gasteiger partial charge in [0.1, 0.15) is 23.8 Å². The van der Waals surface area contributed by atoms with E-state index in [4.69, 9.17) is 9.47 Å². The Kier molecular flexibility index (Phi) is 7.56. The van der Waals surface area contributed by atoms with Crippen LogP contribution in [0.1, 0.15) is 54.9 Å². The van der Waals surface area contributed by atoms with E-state index in [0.29, 0.717) is 23.3 Å². The summed E-state index contributed by atoms with van der Waals surface area (Å²) in [5.41, 5.74) is 3.70. The summed E-state index contributed by atoms with van der Waals surface area (Å²) < 4.78 is 13.9. The van der Waals surface area contributed by atoms with Crippen molar-refractivity contribution in [3.05, 3.63) is 81.6 Å². The normalized spacial score (nSPS) is 11.7. The lowest BCUT2D eigenvalue weighted by molar-refractivity contribution is 0.103. The number of nitrogens with zero attached hydrogens (tertiary/aromatic N) is 2. The molecule has 0 N–H and O–H groups in total. The highest BCUT2D eigenvalue weighted by atomic mass is 79.9. The summed E-state index contributed by atoms with van der Waals surface area (Å²) in [7, 11) is 1.64. The molecule has 0 saturated heterocycles. The van der Waals surface area contributed by atoms with E-state index in [9.17, 15) is 4.79 Å². The van der Waals surface area contributed by atoms with Crippen LogP contribution < -0.4 is 9.47 Å². The number of methoxy groups -OCH3 is 1. The topological polar surface area (TPSA) is 53.4 Å². The van der Waals surface area contributed by atoms with Gasteiger partial charge in [-0.1, -0.05) is 45.0 Å². The van der Waals surface area contributed by atoms with Crippen LogP contribution in [0.3, 0.4) is 0 Å². The second-order valence-electron chi connectivity index (χ2n) is 8.49. The van der Waals surface area contributed by atoms with Gasteiger partial charge in [-0.15, -0.1) is 0 Å². The number of hydrogen-bond acceptors (Lipinski definition) is 4. The van der Waals surface area contributed by atoms with Crippen molar-refractivity contribution in [2.45, 2.75) is 46.3 Å². The highest BCUT2D eigenvalue weighted by molar-refractivity contribution is 9.10. The zero-order chi connectivity index (χ0) is 23.3. The third kappa shape index (κ3) is 5.68. The van der Waals surface area contributed by atoms with Crippen LogP contribution in [-0.4, -0.2) is 22.7 Å². The maximum atomic E-state index is 12.7. The Morgan fingerprint density at radius 1 is 1.16 bits per heavy atom. The van der Waals surface area contributed by atoms with E-state index in [1.165, 1.54) is 5.56 Å². The number of halogens is 1. The SMILES string of the molecule is CCn1ncc(Br)c1C(=O)/C=C/c1ccc(OC)c(COc2ccc(C(C)(C)C)cc2)c1. The number of ether oxygens (including phenoxy) is 2. The number of benzene rings is 2. The number of aromatic nitrogens is 2. The van der Waals surface area contributed by atoms with Crippen molar-refractivity contribution in [1.82, 2.24) is 9.78 Å². The zero-order valence-electron chi connectivity index (χ0n) is 19.2. The van der Waals surface area contributed by atoms with Gasteiger partial charge in [-0.25, -0.2) is 0 Å². The first-order valence-electron chi connectivity index (χ1n) is 10.6. The minimum Gasteiger partial charge on any atom is -0.496 e. The second-order valence-corrected chi connectivity index (χ2v) is 9.34. The number of carbonyl (C=O) groups is 1. The van der Waals surface area contributed by atoms with Gasteiger partial charge in [-0.05, 0) is 69.7 Å². The van der Waals surface area contributed by atoms with E-state index in [1.807, 2.05) is 37.3 Å². The van der Waals surface area contributed by atoms with E-state index < -0.39 is 0 Å². The summed E-state index contributed by atoms with van der Waals surface area (Å²) in [4.78, 5) is 12.7. The van der Waals surface area contributed by atoms with Crippen molar-refractivity contribution < 1.29 is 14.3 Å². The molecule has 0 atom stereocenters. The zero-order valence-corrected chi connectivity index (χ0v) is 20.8. The van der Waals surface area contributed by atoms with Gasteiger partial charge in [0.2, 0.25) is 5.78 Å². The molecule has 0 spiro atoms. The molecule has 0 unspecified atom stereocenters. The molecule has 0 saturated carbocycles. The van der Waals surface area contributed by atoms with Crippen molar-refractivity contribution >= 4 is 27.8 Å². The number of ketones is 1. The molecule has 0 amide bonds. The van der Waals surface area contributed by atoms with Crippen molar-refractivity contribution in [3.63, 3.8) is 0 Å². The molecule has 5 nitrogen and oxygen atoms in total. The predicted octanol–water partition coefficient (Wildman–Crippen LogP) is 6.45. The summed E-state index contributed by atoms with van der Waals surface area (Å²) in [6.45, 7) is 9.50. The molecule has 0 aliphatic rings. The van der Waals surface area contributed by atoms with Crippen molar-refractivity contribution in [3.8, 4) is 11.5 Å². The average Bonchev–Trinajstić information content (AvgIpc) is 3.16. The average molecular weight is 497 g/mol. The molecule has 0 radical (unpaired) electrons. The fourth-order valence-corrected chi connectivity index (χ4v) is 3.82. The van der Waals surface area contributed by atoms with E-state index >= 15 is 0 Å². The number of carbonyl (C=O) groups excluding carboxylic acids is 1. The van der Waals surface area contributed by atoms with Gasteiger partial charge in [-0.2, -0.15) is 5.10 Å². The summed E-state index contributed by atoms with van der Waals surface area (Å²) in [6, 6.07) is 13.9. The van der Waals surface area contributed by atoms with Gasteiger partial charge in [0, 0.05) is 12.1 Å². The Morgan fingerprint density at radius 3 is 2.50 bits per heavy atom. The molecule has 6 heteroatoms. The van der Waals surface area contributed by atoms with Gasteiger partial charge in [-0.3, -0.25) is 9.48 Å². The fraction of sp³-hybridized carbons (Fsp3) is 0.308. The van der Waals surface area contributed by atoms with Crippen LogP contribution in [0, 0.1) is 0 Å². The van der Waals surface area contributed by atoms with E-state index in [1.54, 1.807) is 30.1 Å². The van der Waals surface area contributed by atoms with Crippen LogP contribution in [0.15, 0.2) is 59.2 Å². The Bertz CT molecular complexity index is 1110. The lowest BCUT2D eigenvalue weighted by atomic mass is 9.87. The van der Waals surface area contributed by atoms with Gasteiger partial charge >= 0.3 is 0 Å². The van der Waals surface area contributed by atoms with Crippen LogP contribution in [0.4, 0.5) is 0 Å². The Morgan fingerprint density at radius 2 is 1.88 bits per heavy atom. The van der Waals surface area contributed by atoms with Crippen LogP contribution in [-0.2, 0) is 18.6 Å². The fourth-order valence-electron chi connectivity index (χ4n) is 3.33. The molecule has 2 aromatic carbocycles. The Hall–Kier alpha value is -2.86. The summed E-state index contributed by atoms with van der Waals surface area (Å²) in [5.74, 6) is 1.43. The minimum atomic E-state index is -0.108. The number of hydrogen-bond donors (Lipinski definition) is 0. The van der Waals surface area contributed by atoms with E-state index in [0.717, 1.165) is 22.6 Å². The molecule has 0 aliphatic heterocycles. The molecule has 0 aliphatic carbocycles. The first-order chi connectivity index (χ1) is 15.2. The molecular formula is C26H29BrN2O3. The Balaban J connectivity index is 1.74. The van der Waals surface area contributed by atoms with Gasteiger partial charge in [0.05, 0.1) is 17.8 Å². The van der Waals surface area contributed by atoms with Crippen LogP contribution in [0.2, 0.25) is 0 Å². The molecule has 0 bridgehead atoms. The third-order valence-electron chi connectivity index (χ3n) is 5.17. The molecule has 0 fully saturated rings. The molecule has 32 heavy (non-hydrogen) atoms. The second kappa shape index (κ2) is 10.2. The monoisotopic (exact) mass is 496 g/mol. The molecule has 3 aromatic rings. The number of aryl methyl sites for hydroxylation is 1. The number of allylic oxidation sites excluding steroid dienone is 1. The van der Waals surface area contributed by atoms with Gasteiger partial charge < -0.3 is 9.47 Å². The summed E-state index contributed by atoms with van der Waals surface area (Å²) in [6.07, 6.45) is 5.00. The van der Waals surface area contributed by atoms with Gasteiger partial charge in [0.25, 0.3) is 0 Å². The quantitative estimate of drug-likeness (QED) is 0.265. The standard InChI is InChI=1S/C26H29BrN2O3/c1-6-29-25(22(27)16-28-29)23(30)13-7-18-8-14-24(31-5)19(15-18)17-32-21-11-9-20(10-12-21)26(2,3)4/h7-16H,6,17H2,1-5H3/b13-7+. The molecule has 168 valence electrons. The van der Waals surface area contributed by atoms with E-state index in [2.05, 4.69) is 53.9 Å². The largest absolute Gasteiger partial charge is 0.496 e. The molecule has 1 aromatic heterocycles. The van der Waals surface area contributed by atoms with E-state index in [-0.39, 0.29) is 11.2 Å². The highest BCUT2D eigenvalue weighted by Gasteiger charge is 2.15. The van der Waals surface area contributed by atoms with Crippen LogP contribution >= 0.6 is 15.9 Å². The molecular weight excluding hydrogens is 468 g/mol. The first kappa shape index (κ1) is 23.8. The molecule has 1 heterocycles. The lowest BCUT2D eigenvalue weighted by Gasteiger charge is -2.19. The maximum absolute atomic E-state index is 12.7. The Labute approximate surface area is 198 Å². The van der Waals surface area contributed by atoms with Crippen molar-refractivity contribution in [2.24, 2.45) is 0 Å². The summed E-state index contributed by atoms with van der Waals surface area (Å²) in [5, 5.41) is 4.20. The third-order valence-corrected chi connectivity index (χ3v) is 5.75. The summed E-state index contributed by atoms with van der Waals surface area (Å²) >= 11 is 3.40. The molecule has 3 rings (SSSR count). The first-order valence-corrected chi connectivity index (χ1v) is 11.4. The maximum Gasteiger partial charge on any atom is 0.205 e. The minimum absolute atomic E-state index is 0.101. The van der Waals surface area contributed by atoms with Gasteiger partial charge in [0.15, 0.2) is 0 Å². The van der Waals surface area contributed by atoms with Crippen molar-refractivity contribution in [2.75, 3.05) is 7.11 Å². The highest BCUT2D eigenvalue weighted by Crippen LogP contribution is 2.26. The van der Waals surface area contributed by atoms with Crippen molar-refractivity contribution in [1.29, 1.82) is 0 Å². The number of rotatable bonds is 8. The smallest absolute Gasteiger partial charge is 0.205 e. The predicted molar refractivity (Wildman–Crippen MR) is 131 cm³/mol. The van der Waals surface area contributed by atoms with Crippen LogP contribution in [0.5, 0.6) is 11.5 Å². The van der Waals surface area contributed by atoms with Crippen LogP contribution in [0.25, 0.3) is 6.08 Å².